The molecule has 0 radical (unpaired) electrons. The number of fused-ring (bicyclic) bond motifs is 2. The van der Waals surface area contributed by atoms with Crippen LogP contribution in [0.3, 0.4) is 0 Å². The van der Waals surface area contributed by atoms with Crippen molar-refractivity contribution in [3.63, 3.8) is 0 Å². The SMILES string of the molecule is c1ccc2sc(-c3cnn4ccc(NCc5ccncc5)nc34)cc2c1. The summed E-state index contributed by atoms with van der Waals surface area (Å²) < 4.78 is 3.09. The molecule has 4 heterocycles. The molecule has 0 unspecified atom stereocenters. The highest BCUT2D eigenvalue weighted by Gasteiger charge is 2.12. The first kappa shape index (κ1) is 15.0. The van der Waals surface area contributed by atoms with E-state index < -0.39 is 0 Å². The van der Waals surface area contributed by atoms with Crippen LogP contribution in [-0.2, 0) is 6.54 Å². The van der Waals surface area contributed by atoms with Crippen LogP contribution in [0.1, 0.15) is 5.56 Å². The van der Waals surface area contributed by atoms with E-state index in [1.165, 1.54) is 20.5 Å². The van der Waals surface area contributed by atoms with Crippen molar-refractivity contribution in [2.45, 2.75) is 6.54 Å². The fourth-order valence-corrected chi connectivity index (χ4v) is 4.02. The molecule has 0 bridgehead atoms. The maximum absolute atomic E-state index is 4.78. The first-order valence-electron chi connectivity index (χ1n) is 8.33. The predicted octanol–water partition coefficient (Wildman–Crippen LogP) is 4.62. The molecule has 5 rings (SSSR count). The van der Waals surface area contributed by atoms with E-state index in [0.29, 0.717) is 6.54 Å². The molecule has 1 N–H and O–H groups in total. The van der Waals surface area contributed by atoms with Crippen molar-refractivity contribution in [3.8, 4) is 10.4 Å². The molecule has 0 amide bonds. The molecule has 126 valence electrons. The molecular formula is C20H15N5S. The Kier molecular flexibility index (Phi) is 3.61. The van der Waals surface area contributed by atoms with Crippen LogP contribution in [0.25, 0.3) is 26.2 Å². The summed E-state index contributed by atoms with van der Waals surface area (Å²) in [4.78, 5) is 10.0. The Balaban J connectivity index is 1.50. The van der Waals surface area contributed by atoms with Crippen molar-refractivity contribution in [3.05, 3.63) is 78.9 Å². The third-order valence-electron chi connectivity index (χ3n) is 4.28. The van der Waals surface area contributed by atoms with Gasteiger partial charge in [-0.2, -0.15) is 5.10 Å². The molecule has 6 heteroatoms. The molecule has 0 spiro atoms. The minimum Gasteiger partial charge on any atom is -0.366 e. The second-order valence-corrected chi connectivity index (χ2v) is 7.08. The van der Waals surface area contributed by atoms with Crippen LogP contribution >= 0.6 is 11.3 Å². The van der Waals surface area contributed by atoms with Gasteiger partial charge >= 0.3 is 0 Å². The highest BCUT2D eigenvalue weighted by molar-refractivity contribution is 7.22. The number of thiophene rings is 1. The molecule has 0 aliphatic carbocycles. The number of rotatable bonds is 4. The summed E-state index contributed by atoms with van der Waals surface area (Å²) in [6.45, 7) is 0.706. The van der Waals surface area contributed by atoms with Crippen LogP contribution in [0.2, 0.25) is 0 Å². The van der Waals surface area contributed by atoms with Gasteiger partial charge in [-0.15, -0.1) is 11.3 Å². The topological polar surface area (TPSA) is 55.1 Å². The number of hydrogen-bond acceptors (Lipinski definition) is 5. The van der Waals surface area contributed by atoms with E-state index in [1.807, 2.05) is 35.1 Å². The maximum atomic E-state index is 4.78. The largest absolute Gasteiger partial charge is 0.366 e. The van der Waals surface area contributed by atoms with Gasteiger partial charge in [-0.3, -0.25) is 4.98 Å². The zero-order chi connectivity index (χ0) is 17.3. The number of nitrogens with zero attached hydrogens (tertiary/aromatic N) is 4. The van der Waals surface area contributed by atoms with E-state index in [2.05, 4.69) is 45.7 Å². The number of hydrogen-bond donors (Lipinski definition) is 1. The van der Waals surface area contributed by atoms with Gasteiger partial charge in [-0.05, 0) is 41.3 Å². The zero-order valence-electron chi connectivity index (χ0n) is 13.8. The van der Waals surface area contributed by atoms with Crippen LogP contribution in [0.15, 0.2) is 73.3 Å². The summed E-state index contributed by atoms with van der Waals surface area (Å²) in [6.07, 6.45) is 7.42. The third-order valence-corrected chi connectivity index (χ3v) is 5.43. The summed E-state index contributed by atoms with van der Waals surface area (Å²) in [7, 11) is 0. The highest BCUT2D eigenvalue weighted by atomic mass is 32.1. The monoisotopic (exact) mass is 357 g/mol. The van der Waals surface area contributed by atoms with Gasteiger partial charge in [0.25, 0.3) is 0 Å². The molecule has 26 heavy (non-hydrogen) atoms. The van der Waals surface area contributed by atoms with Crippen molar-refractivity contribution in [1.29, 1.82) is 0 Å². The molecule has 0 fully saturated rings. The van der Waals surface area contributed by atoms with Gasteiger partial charge in [0.15, 0.2) is 5.65 Å². The summed E-state index contributed by atoms with van der Waals surface area (Å²) in [5, 5.41) is 9.07. The van der Waals surface area contributed by atoms with E-state index in [-0.39, 0.29) is 0 Å². The van der Waals surface area contributed by atoms with Crippen LogP contribution in [0.5, 0.6) is 0 Å². The fourth-order valence-electron chi connectivity index (χ4n) is 2.95. The molecule has 0 aliphatic heterocycles. The number of anilines is 1. The van der Waals surface area contributed by atoms with E-state index >= 15 is 0 Å². The van der Waals surface area contributed by atoms with Crippen LogP contribution in [0.4, 0.5) is 5.82 Å². The van der Waals surface area contributed by atoms with Gasteiger partial charge in [0.1, 0.15) is 5.82 Å². The third kappa shape index (κ3) is 2.70. The number of pyridine rings is 1. The van der Waals surface area contributed by atoms with Gasteiger partial charge in [0.2, 0.25) is 0 Å². The Labute approximate surface area is 154 Å². The van der Waals surface area contributed by atoms with Gasteiger partial charge < -0.3 is 5.32 Å². The second-order valence-electron chi connectivity index (χ2n) is 6.00. The zero-order valence-corrected chi connectivity index (χ0v) is 14.6. The van der Waals surface area contributed by atoms with Gasteiger partial charge in [-0.1, -0.05) is 18.2 Å². The Hall–Kier alpha value is -3.25. The lowest BCUT2D eigenvalue weighted by Gasteiger charge is -2.06. The molecular weight excluding hydrogens is 342 g/mol. The van der Waals surface area contributed by atoms with E-state index in [1.54, 1.807) is 23.7 Å². The Bertz CT molecular complexity index is 1160. The molecule has 0 aliphatic rings. The number of aromatic nitrogens is 4. The quantitative estimate of drug-likeness (QED) is 0.510. The fraction of sp³-hybridized carbons (Fsp3) is 0.0500. The molecule has 0 saturated heterocycles. The lowest BCUT2D eigenvalue weighted by molar-refractivity contribution is 0.936. The normalized spacial score (nSPS) is 11.2. The first-order valence-corrected chi connectivity index (χ1v) is 9.14. The van der Waals surface area contributed by atoms with E-state index in [9.17, 15) is 0 Å². The summed E-state index contributed by atoms with van der Waals surface area (Å²) in [6, 6.07) is 16.5. The Morgan fingerprint density at radius 1 is 1.04 bits per heavy atom. The molecule has 4 aromatic heterocycles. The summed E-state index contributed by atoms with van der Waals surface area (Å²) in [5.41, 5.74) is 3.08. The molecule has 5 nitrogen and oxygen atoms in total. The van der Waals surface area contributed by atoms with Gasteiger partial charge in [0, 0.05) is 34.7 Å². The standard InChI is InChI=1S/C20H15N5S/c1-2-4-17-15(3-1)11-18(26-17)16-13-23-25-10-7-19(24-20(16)25)22-12-14-5-8-21-9-6-14/h1-11,13H,12H2,(H,22,24). The van der Waals surface area contributed by atoms with Crippen LogP contribution in [-0.4, -0.2) is 19.6 Å². The van der Waals surface area contributed by atoms with Crippen molar-refractivity contribution in [2.24, 2.45) is 0 Å². The average Bonchev–Trinajstić information content (AvgIpc) is 3.30. The number of benzene rings is 1. The van der Waals surface area contributed by atoms with Crippen molar-refractivity contribution in [1.82, 2.24) is 19.6 Å². The number of nitrogens with one attached hydrogen (secondary N) is 1. The van der Waals surface area contributed by atoms with Crippen molar-refractivity contribution < 1.29 is 0 Å². The summed E-state index contributed by atoms with van der Waals surface area (Å²) in [5.74, 6) is 0.831. The van der Waals surface area contributed by atoms with E-state index in [0.717, 1.165) is 17.0 Å². The lowest BCUT2D eigenvalue weighted by Crippen LogP contribution is -2.02. The van der Waals surface area contributed by atoms with E-state index in [4.69, 9.17) is 4.98 Å². The molecule has 0 saturated carbocycles. The molecule has 1 aromatic carbocycles. The minimum absolute atomic E-state index is 0.706. The minimum atomic E-state index is 0.706. The Morgan fingerprint density at radius 3 is 2.81 bits per heavy atom. The second kappa shape index (κ2) is 6.24. The Morgan fingerprint density at radius 2 is 1.92 bits per heavy atom. The maximum Gasteiger partial charge on any atom is 0.165 e. The lowest BCUT2D eigenvalue weighted by atomic mass is 10.2. The predicted molar refractivity (Wildman–Crippen MR) is 105 cm³/mol. The van der Waals surface area contributed by atoms with Crippen molar-refractivity contribution in [2.75, 3.05) is 5.32 Å². The van der Waals surface area contributed by atoms with Crippen molar-refractivity contribution >= 4 is 32.9 Å². The molecule has 5 aromatic rings. The first-order chi connectivity index (χ1) is 12.9. The summed E-state index contributed by atoms with van der Waals surface area (Å²) >= 11 is 1.77. The smallest absolute Gasteiger partial charge is 0.165 e. The van der Waals surface area contributed by atoms with Crippen LogP contribution in [0, 0.1) is 0 Å². The highest BCUT2D eigenvalue weighted by Crippen LogP contribution is 2.35. The van der Waals surface area contributed by atoms with Crippen LogP contribution < -0.4 is 5.32 Å². The molecule has 0 atom stereocenters. The van der Waals surface area contributed by atoms with Gasteiger partial charge in [0.05, 0.1) is 11.8 Å². The average molecular weight is 357 g/mol. The van der Waals surface area contributed by atoms with Gasteiger partial charge in [-0.25, -0.2) is 9.50 Å².